The Hall–Kier alpha value is -1.53. The molecule has 4 atom stereocenters. The van der Waals surface area contributed by atoms with Crippen LogP contribution in [0.25, 0.3) is 0 Å². The molecule has 0 fully saturated rings. The van der Waals surface area contributed by atoms with E-state index < -0.39 is 27.6 Å². The van der Waals surface area contributed by atoms with Gasteiger partial charge >= 0.3 is 0 Å². The first-order valence-corrected chi connectivity index (χ1v) is 14.9. The summed E-state index contributed by atoms with van der Waals surface area (Å²) < 4.78 is 44.7. The van der Waals surface area contributed by atoms with Crippen molar-refractivity contribution in [3.63, 3.8) is 0 Å². The Balaban J connectivity index is 2.17. The summed E-state index contributed by atoms with van der Waals surface area (Å²) in [5, 5.41) is 0. The maximum atomic E-state index is 11.4. The van der Waals surface area contributed by atoms with Crippen LogP contribution in [0.1, 0.15) is 105 Å². The molecule has 35 heavy (non-hydrogen) atoms. The molecular formula is C29H48O5S. The summed E-state index contributed by atoms with van der Waals surface area (Å²) in [5.41, 5.74) is 0.435. The van der Waals surface area contributed by atoms with Crippen molar-refractivity contribution in [2.45, 2.75) is 112 Å². The molecule has 0 saturated heterocycles. The monoisotopic (exact) mass is 508 g/mol. The maximum Gasteiger partial charge on any atom is 0.268 e. The summed E-state index contributed by atoms with van der Waals surface area (Å²) in [5.74, 6) is 2.65. The molecule has 1 aromatic carbocycles. The van der Waals surface area contributed by atoms with Gasteiger partial charge in [0, 0.05) is 11.0 Å². The molecule has 0 amide bonds. The predicted molar refractivity (Wildman–Crippen MR) is 145 cm³/mol. The molecular weight excluding hydrogens is 460 g/mol. The number of hydrogen-bond donors (Lipinski definition) is 1. The zero-order chi connectivity index (χ0) is 26.4. The molecule has 200 valence electrons. The van der Waals surface area contributed by atoms with E-state index in [-0.39, 0.29) is 11.3 Å². The zero-order valence-electron chi connectivity index (χ0n) is 23.1. The second-order valence-corrected chi connectivity index (χ2v) is 13.2. The second-order valence-electron chi connectivity index (χ2n) is 11.7. The van der Waals surface area contributed by atoms with Gasteiger partial charge in [0.05, 0.1) is 0 Å². The van der Waals surface area contributed by atoms with Gasteiger partial charge in [-0.15, -0.1) is 0 Å². The Bertz CT molecular complexity index is 950. The lowest BCUT2D eigenvalue weighted by atomic mass is 9.63. The van der Waals surface area contributed by atoms with Crippen LogP contribution in [0, 0.1) is 17.3 Å². The molecule has 0 aromatic heterocycles. The van der Waals surface area contributed by atoms with Crippen LogP contribution in [0.4, 0.5) is 0 Å². The van der Waals surface area contributed by atoms with E-state index in [2.05, 4.69) is 60.6 Å². The third-order valence-electron chi connectivity index (χ3n) is 7.89. The predicted octanol–water partition coefficient (Wildman–Crippen LogP) is 7.81. The van der Waals surface area contributed by atoms with E-state index >= 15 is 0 Å². The largest absolute Gasteiger partial charge is 0.489 e. The summed E-state index contributed by atoms with van der Waals surface area (Å²) in [4.78, 5) is 0. The molecule has 0 radical (unpaired) electrons. The molecule has 1 aliphatic heterocycles. The number of ether oxygens (including phenoxy) is 2. The molecule has 4 unspecified atom stereocenters. The first-order valence-electron chi connectivity index (χ1n) is 13.3. The van der Waals surface area contributed by atoms with E-state index in [1.165, 1.54) is 19.3 Å². The van der Waals surface area contributed by atoms with E-state index in [0.717, 1.165) is 30.1 Å². The SMILES string of the molecule is CCCC(CS(=O)(=O)O)Oc1ccc2c(c1)C(C)C(C)(C)C(C)(C=CCC(C)CCCC(C)C)O2. The Morgan fingerprint density at radius 2 is 1.83 bits per heavy atom. The smallest absolute Gasteiger partial charge is 0.268 e. The molecule has 0 saturated carbocycles. The van der Waals surface area contributed by atoms with E-state index in [9.17, 15) is 13.0 Å². The molecule has 6 heteroatoms. The van der Waals surface area contributed by atoms with Crippen LogP contribution in [-0.2, 0) is 10.1 Å². The van der Waals surface area contributed by atoms with Crippen molar-refractivity contribution >= 4 is 10.1 Å². The van der Waals surface area contributed by atoms with E-state index in [4.69, 9.17) is 9.47 Å². The van der Waals surface area contributed by atoms with Crippen LogP contribution in [0.2, 0.25) is 0 Å². The Morgan fingerprint density at radius 3 is 2.43 bits per heavy atom. The van der Waals surface area contributed by atoms with Crippen molar-refractivity contribution in [2.24, 2.45) is 17.3 Å². The standard InChI is InChI=1S/C29H48O5S/c1-9-12-25(20-35(30,31)32)33-24-16-17-27-26(19-24)23(5)28(6,7)29(8,34-27)18-11-15-22(4)14-10-13-21(2)3/h11,16-19,21-23,25H,9-10,12-15,20H2,1-8H3,(H,30,31,32). The molecule has 1 aromatic rings. The van der Waals surface area contributed by atoms with Crippen molar-refractivity contribution in [2.75, 3.05) is 5.75 Å². The highest BCUT2D eigenvalue weighted by atomic mass is 32.2. The highest BCUT2D eigenvalue weighted by molar-refractivity contribution is 7.85. The summed E-state index contributed by atoms with van der Waals surface area (Å²) in [6, 6.07) is 5.72. The highest BCUT2D eigenvalue weighted by Gasteiger charge is 2.49. The van der Waals surface area contributed by atoms with Crippen molar-refractivity contribution in [1.82, 2.24) is 0 Å². The molecule has 2 rings (SSSR count). The van der Waals surface area contributed by atoms with Gasteiger partial charge in [0.1, 0.15) is 29.0 Å². The topological polar surface area (TPSA) is 72.8 Å². The minimum absolute atomic E-state index is 0.173. The third-order valence-corrected chi connectivity index (χ3v) is 8.69. The lowest BCUT2D eigenvalue weighted by Gasteiger charge is -2.50. The number of rotatable bonds is 13. The molecule has 0 spiro atoms. The van der Waals surface area contributed by atoms with E-state index in [0.29, 0.717) is 18.1 Å². The zero-order valence-corrected chi connectivity index (χ0v) is 24.0. The fourth-order valence-electron chi connectivity index (χ4n) is 4.90. The Kier molecular flexibility index (Phi) is 10.3. The molecule has 0 aliphatic carbocycles. The number of allylic oxidation sites excluding steroid dienone is 1. The summed E-state index contributed by atoms with van der Waals surface area (Å²) in [6.07, 6.45) is 10.1. The third kappa shape index (κ3) is 8.24. The minimum Gasteiger partial charge on any atom is -0.489 e. The summed E-state index contributed by atoms with van der Waals surface area (Å²) >= 11 is 0. The van der Waals surface area contributed by atoms with Gasteiger partial charge in [-0.25, -0.2) is 0 Å². The average Bonchev–Trinajstić information content (AvgIpc) is 2.72. The maximum absolute atomic E-state index is 11.4. The first kappa shape index (κ1) is 29.7. The van der Waals surface area contributed by atoms with Gasteiger partial charge in [-0.2, -0.15) is 8.42 Å². The number of fused-ring (bicyclic) bond motifs is 1. The van der Waals surface area contributed by atoms with Crippen LogP contribution in [-0.4, -0.2) is 30.4 Å². The number of benzene rings is 1. The van der Waals surface area contributed by atoms with Crippen molar-refractivity contribution in [1.29, 1.82) is 0 Å². The van der Waals surface area contributed by atoms with Crippen LogP contribution < -0.4 is 9.47 Å². The quantitative estimate of drug-likeness (QED) is 0.217. The fraction of sp³-hybridized carbons (Fsp3) is 0.724. The molecule has 1 aliphatic rings. The molecule has 1 heterocycles. The van der Waals surface area contributed by atoms with Crippen LogP contribution in [0.3, 0.4) is 0 Å². The van der Waals surface area contributed by atoms with Gasteiger partial charge < -0.3 is 9.47 Å². The first-order chi connectivity index (χ1) is 16.2. The van der Waals surface area contributed by atoms with Crippen molar-refractivity contribution in [3.05, 3.63) is 35.9 Å². The molecule has 0 bridgehead atoms. The Labute approximate surface area is 214 Å². The molecule has 5 nitrogen and oxygen atoms in total. The normalized spacial score (nSPS) is 23.7. The van der Waals surface area contributed by atoms with Crippen LogP contribution in [0.15, 0.2) is 30.4 Å². The number of hydrogen-bond acceptors (Lipinski definition) is 4. The fourth-order valence-corrected chi connectivity index (χ4v) is 5.61. The van der Waals surface area contributed by atoms with Crippen molar-refractivity contribution < 1.29 is 22.4 Å². The van der Waals surface area contributed by atoms with Gasteiger partial charge in [-0.1, -0.05) is 80.2 Å². The second kappa shape index (κ2) is 12.1. The van der Waals surface area contributed by atoms with Gasteiger partial charge in [0.25, 0.3) is 10.1 Å². The Morgan fingerprint density at radius 1 is 1.14 bits per heavy atom. The average molecular weight is 509 g/mol. The highest BCUT2D eigenvalue weighted by Crippen LogP contribution is 2.54. The van der Waals surface area contributed by atoms with Crippen LogP contribution >= 0.6 is 0 Å². The van der Waals surface area contributed by atoms with Crippen molar-refractivity contribution in [3.8, 4) is 11.5 Å². The van der Waals surface area contributed by atoms with Gasteiger partial charge in [-0.3, -0.25) is 4.55 Å². The minimum atomic E-state index is -4.11. The van der Waals surface area contributed by atoms with E-state index in [1.807, 2.05) is 25.1 Å². The van der Waals surface area contributed by atoms with Gasteiger partial charge in [0.15, 0.2) is 0 Å². The lowest BCUT2D eigenvalue weighted by Crippen LogP contribution is -2.51. The lowest BCUT2D eigenvalue weighted by molar-refractivity contribution is -0.0194. The molecule has 1 N–H and O–H groups in total. The van der Waals surface area contributed by atoms with Crippen LogP contribution in [0.5, 0.6) is 11.5 Å². The summed E-state index contributed by atoms with van der Waals surface area (Å²) in [6.45, 7) is 17.7. The van der Waals surface area contributed by atoms with E-state index in [1.54, 1.807) is 0 Å². The van der Waals surface area contributed by atoms with Gasteiger partial charge in [0.2, 0.25) is 0 Å². The van der Waals surface area contributed by atoms with Gasteiger partial charge in [-0.05, 0) is 61.8 Å². The summed E-state index contributed by atoms with van der Waals surface area (Å²) in [7, 11) is -4.11.